The number of rotatable bonds is 9. The lowest BCUT2D eigenvalue weighted by Crippen LogP contribution is -2.74. The Morgan fingerprint density at radius 2 is 0.820 bits per heavy atom. The van der Waals surface area contributed by atoms with Crippen LogP contribution in [0.1, 0.15) is 0 Å². The van der Waals surface area contributed by atoms with Crippen molar-refractivity contribution in [3.05, 3.63) is 255 Å². The molecule has 0 fully saturated rings. The highest BCUT2D eigenvalue weighted by molar-refractivity contribution is 7.19. The Morgan fingerprint density at radius 3 is 1.46 bits per heavy atom. The zero-order chi connectivity index (χ0) is 40.6. The summed E-state index contributed by atoms with van der Waals surface area (Å²) in [5.41, 5.74) is 9.27. The minimum Gasteiger partial charge on any atom is -0.309 e. The van der Waals surface area contributed by atoms with Gasteiger partial charge in [-0.05, 0) is 85.8 Å². The Bertz CT molecular complexity index is 3190. The summed E-state index contributed by atoms with van der Waals surface area (Å²) in [5, 5.41) is 10.2. The van der Waals surface area contributed by atoms with E-state index in [2.05, 4.69) is 264 Å². The normalized spacial score (nSPS) is 11.6. The minimum absolute atomic E-state index is 1.11. The molecule has 0 amide bonds. The second-order valence-corrected chi connectivity index (χ2v) is 19.4. The number of benzene rings is 10. The smallest absolute Gasteiger partial charge is 0.179 e. The summed E-state index contributed by atoms with van der Waals surface area (Å²) in [6.45, 7) is 0. The monoisotopic (exact) mass is 794 g/mol. The molecule has 2 nitrogen and oxygen atoms in total. The Labute approximate surface area is 357 Å². The molecule has 0 saturated heterocycles. The molecule has 0 aliphatic heterocycles. The molecular formula is C58H42N2Si. The summed E-state index contributed by atoms with van der Waals surface area (Å²) in [6.07, 6.45) is 0. The van der Waals surface area contributed by atoms with Gasteiger partial charge >= 0.3 is 0 Å². The van der Waals surface area contributed by atoms with Crippen molar-refractivity contribution in [3.63, 3.8) is 0 Å². The van der Waals surface area contributed by atoms with Crippen LogP contribution in [0.3, 0.4) is 0 Å². The highest BCUT2D eigenvalue weighted by Gasteiger charge is 2.41. The molecular weight excluding hydrogens is 753 g/mol. The van der Waals surface area contributed by atoms with Gasteiger partial charge in [-0.3, -0.25) is 0 Å². The molecule has 1 aromatic heterocycles. The van der Waals surface area contributed by atoms with Crippen molar-refractivity contribution in [2.75, 3.05) is 4.90 Å². The maximum Gasteiger partial charge on any atom is 0.179 e. The molecule has 11 aromatic rings. The molecule has 10 aromatic carbocycles. The largest absolute Gasteiger partial charge is 0.309 e. The van der Waals surface area contributed by atoms with Crippen molar-refractivity contribution in [3.8, 4) is 16.8 Å². The van der Waals surface area contributed by atoms with E-state index >= 15 is 0 Å². The third-order valence-corrected chi connectivity index (χ3v) is 17.1. The summed E-state index contributed by atoms with van der Waals surface area (Å²) in [5.74, 6) is 0. The zero-order valence-electron chi connectivity index (χ0n) is 33.6. The van der Waals surface area contributed by atoms with Crippen molar-refractivity contribution in [1.82, 2.24) is 4.57 Å². The van der Waals surface area contributed by atoms with Crippen molar-refractivity contribution in [2.24, 2.45) is 0 Å². The average molecular weight is 795 g/mol. The summed E-state index contributed by atoms with van der Waals surface area (Å²) in [6, 6.07) is 93.8. The average Bonchev–Trinajstić information content (AvgIpc) is 3.69. The van der Waals surface area contributed by atoms with E-state index in [9.17, 15) is 0 Å². The molecule has 61 heavy (non-hydrogen) atoms. The predicted octanol–water partition coefficient (Wildman–Crippen LogP) is 12.5. The van der Waals surface area contributed by atoms with E-state index in [-0.39, 0.29) is 0 Å². The van der Waals surface area contributed by atoms with Crippen LogP contribution in [0.2, 0.25) is 0 Å². The Balaban J connectivity index is 1.25. The summed E-state index contributed by atoms with van der Waals surface area (Å²) < 4.78 is 2.41. The lowest BCUT2D eigenvalue weighted by molar-refractivity contribution is 1.18. The summed E-state index contributed by atoms with van der Waals surface area (Å²) >= 11 is 0. The zero-order valence-corrected chi connectivity index (χ0v) is 34.6. The summed E-state index contributed by atoms with van der Waals surface area (Å²) in [4.78, 5) is 2.53. The number of hydrogen-bond donors (Lipinski definition) is 0. The van der Waals surface area contributed by atoms with Gasteiger partial charge in [-0.15, -0.1) is 0 Å². The van der Waals surface area contributed by atoms with Crippen LogP contribution < -0.4 is 25.6 Å². The number of anilines is 3. The second kappa shape index (κ2) is 15.5. The van der Waals surface area contributed by atoms with E-state index < -0.39 is 8.07 Å². The highest BCUT2D eigenvalue weighted by Crippen LogP contribution is 2.46. The van der Waals surface area contributed by atoms with Crippen LogP contribution in [-0.2, 0) is 0 Å². The molecule has 0 atom stereocenters. The van der Waals surface area contributed by atoms with Gasteiger partial charge in [-0.2, -0.15) is 0 Å². The molecule has 1 heterocycles. The Hall–Kier alpha value is -7.72. The van der Waals surface area contributed by atoms with E-state index in [0.29, 0.717) is 0 Å². The fourth-order valence-electron chi connectivity index (χ4n) is 9.74. The van der Waals surface area contributed by atoms with Gasteiger partial charge in [0.05, 0.1) is 22.4 Å². The topological polar surface area (TPSA) is 8.17 Å². The number of hydrogen-bond acceptors (Lipinski definition) is 1. The van der Waals surface area contributed by atoms with E-state index in [1.54, 1.807) is 0 Å². The van der Waals surface area contributed by atoms with Crippen molar-refractivity contribution >= 4 is 78.5 Å². The van der Waals surface area contributed by atoms with Crippen molar-refractivity contribution < 1.29 is 0 Å². The van der Waals surface area contributed by atoms with Gasteiger partial charge < -0.3 is 9.47 Å². The van der Waals surface area contributed by atoms with Crippen LogP contribution in [0.4, 0.5) is 17.1 Å². The van der Waals surface area contributed by atoms with Gasteiger partial charge in [0.25, 0.3) is 0 Å². The maximum atomic E-state index is 2.53. The van der Waals surface area contributed by atoms with E-state index in [4.69, 9.17) is 0 Å². The lowest BCUT2D eigenvalue weighted by atomic mass is 9.96. The second-order valence-electron chi connectivity index (χ2n) is 15.6. The van der Waals surface area contributed by atoms with E-state index in [1.165, 1.54) is 58.9 Å². The predicted molar refractivity (Wildman–Crippen MR) is 262 cm³/mol. The maximum absolute atomic E-state index is 2.85. The first-order chi connectivity index (χ1) is 30.3. The molecule has 0 saturated carbocycles. The first-order valence-electron chi connectivity index (χ1n) is 21.0. The molecule has 0 aliphatic carbocycles. The van der Waals surface area contributed by atoms with Gasteiger partial charge in [0.2, 0.25) is 0 Å². The quantitative estimate of drug-likeness (QED) is 0.104. The molecule has 0 N–H and O–H groups in total. The lowest BCUT2D eigenvalue weighted by Gasteiger charge is -2.36. The van der Waals surface area contributed by atoms with Crippen LogP contribution in [0.5, 0.6) is 0 Å². The van der Waals surface area contributed by atoms with Crippen LogP contribution in [0, 0.1) is 0 Å². The van der Waals surface area contributed by atoms with Gasteiger partial charge in [0.1, 0.15) is 0 Å². The SMILES string of the molecule is c1ccc(-c2ccc(N(c3cccc([Si](c4ccccc4)(c4ccccc4)c4ccccc4)c3)c3cccc4c3c3ccccc3n4-c3ccccc3)c3ccccc23)cc1. The number of nitrogens with zero attached hydrogens (tertiary/aromatic N) is 2. The molecule has 0 unspecified atom stereocenters. The molecule has 3 heteroatoms. The first kappa shape index (κ1) is 36.4. The van der Waals surface area contributed by atoms with E-state index in [1.807, 2.05) is 0 Å². The molecule has 0 spiro atoms. The standard InChI is InChI=1S/C58H42N2Si/c1-6-22-43(23-7-1)50-40-41-55(52-35-17-16-34-51(50)52)60(57-39-21-38-56-58(57)53-36-18-19-37-54(53)59(56)44-24-8-2-9-25-44)45-26-20-33-49(42-45)61(46-27-10-3-11-28-46,47-29-12-4-13-30-47)48-31-14-5-15-32-48/h1-42H. The van der Waals surface area contributed by atoms with Crippen LogP contribution >= 0.6 is 0 Å². The first-order valence-corrected chi connectivity index (χ1v) is 23.0. The number of aromatic nitrogens is 1. The fraction of sp³-hybridized carbons (Fsp3) is 0. The van der Waals surface area contributed by atoms with Crippen molar-refractivity contribution in [1.29, 1.82) is 0 Å². The van der Waals surface area contributed by atoms with Gasteiger partial charge in [-0.25, -0.2) is 0 Å². The third-order valence-electron chi connectivity index (χ3n) is 12.3. The Morgan fingerprint density at radius 1 is 0.328 bits per heavy atom. The van der Waals surface area contributed by atoms with Gasteiger partial charge in [-0.1, -0.05) is 206 Å². The Kier molecular flexibility index (Phi) is 9.22. The van der Waals surface area contributed by atoms with Crippen LogP contribution in [0.25, 0.3) is 49.4 Å². The van der Waals surface area contributed by atoms with Crippen LogP contribution in [0.15, 0.2) is 255 Å². The van der Waals surface area contributed by atoms with Crippen LogP contribution in [-0.4, -0.2) is 12.6 Å². The number of para-hydroxylation sites is 2. The highest BCUT2D eigenvalue weighted by atomic mass is 28.3. The van der Waals surface area contributed by atoms with Gasteiger partial charge in [0, 0.05) is 27.5 Å². The van der Waals surface area contributed by atoms with Crippen molar-refractivity contribution in [2.45, 2.75) is 0 Å². The summed E-state index contributed by atoms with van der Waals surface area (Å²) in [7, 11) is -2.85. The third kappa shape index (κ3) is 6.09. The molecule has 288 valence electrons. The number of fused-ring (bicyclic) bond motifs is 4. The molecule has 11 rings (SSSR count). The minimum atomic E-state index is -2.85. The molecule has 0 radical (unpaired) electrons. The molecule has 0 aliphatic rings. The fourth-order valence-corrected chi connectivity index (χ4v) is 14.5. The van der Waals surface area contributed by atoms with Gasteiger partial charge in [0.15, 0.2) is 8.07 Å². The van der Waals surface area contributed by atoms with E-state index in [0.717, 1.165) is 28.3 Å². The molecule has 0 bridgehead atoms.